The normalized spacial score (nSPS) is 11.3. The van der Waals surface area contributed by atoms with Crippen molar-refractivity contribution in [3.63, 3.8) is 0 Å². The van der Waals surface area contributed by atoms with Crippen molar-refractivity contribution in [3.8, 4) is 0 Å². The highest BCUT2D eigenvalue weighted by Gasteiger charge is 2.37. The van der Waals surface area contributed by atoms with Crippen LogP contribution in [0.25, 0.3) is 0 Å². The second-order valence-corrected chi connectivity index (χ2v) is 6.67. The van der Waals surface area contributed by atoms with E-state index in [1.54, 1.807) is 0 Å². The van der Waals surface area contributed by atoms with Gasteiger partial charge in [0.15, 0.2) is 0 Å². The lowest BCUT2D eigenvalue weighted by Crippen LogP contribution is -2.46. The minimum absolute atomic E-state index is 0.568. The maximum Gasteiger partial charge on any atom is 0.108 e. The van der Waals surface area contributed by atoms with Gasteiger partial charge in [0.2, 0.25) is 0 Å². The average molecular weight is 366 g/mol. The van der Waals surface area contributed by atoms with Crippen LogP contribution in [0.1, 0.15) is 22.6 Å². The van der Waals surface area contributed by atoms with Crippen LogP contribution in [0.4, 0.5) is 0 Å². The van der Waals surface area contributed by atoms with Crippen molar-refractivity contribution < 1.29 is 0 Å². The van der Waals surface area contributed by atoms with Gasteiger partial charge < -0.3 is 0 Å². The summed E-state index contributed by atoms with van der Waals surface area (Å²) in [4.78, 5) is 13.9. The minimum Gasteiger partial charge on any atom is -0.295 e. The summed E-state index contributed by atoms with van der Waals surface area (Å²) >= 11 is 0. The summed E-state index contributed by atoms with van der Waals surface area (Å²) in [6.07, 6.45) is 6.22. The van der Waals surface area contributed by atoms with E-state index in [1.807, 2.05) is 67.1 Å². The SMILES string of the molecule is c1ccc(CC(NCc2ccccn2)(c2ccccn2)c2ccccn2)cc1. The van der Waals surface area contributed by atoms with E-state index in [0.29, 0.717) is 6.54 Å². The third-order valence-electron chi connectivity index (χ3n) is 4.81. The Morgan fingerprint density at radius 3 is 1.71 bits per heavy atom. The molecule has 0 fully saturated rings. The molecule has 3 aromatic heterocycles. The molecule has 0 spiro atoms. The molecular weight excluding hydrogens is 344 g/mol. The molecular formula is C24H22N4. The third kappa shape index (κ3) is 3.97. The van der Waals surface area contributed by atoms with Gasteiger partial charge in [0, 0.05) is 31.6 Å². The lowest BCUT2D eigenvalue weighted by molar-refractivity contribution is 0.372. The van der Waals surface area contributed by atoms with Crippen LogP contribution < -0.4 is 5.32 Å². The molecule has 1 aromatic carbocycles. The predicted octanol–water partition coefficient (Wildman–Crippen LogP) is 4.15. The minimum atomic E-state index is -0.568. The summed E-state index contributed by atoms with van der Waals surface area (Å²) < 4.78 is 0. The van der Waals surface area contributed by atoms with Crippen molar-refractivity contribution in [2.45, 2.75) is 18.5 Å². The van der Waals surface area contributed by atoms with Crippen LogP contribution in [0.15, 0.2) is 104 Å². The van der Waals surface area contributed by atoms with Gasteiger partial charge in [-0.15, -0.1) is 0 Å². The number of benzene rings is 1. The quantitative estimate of drug-likeness (QED) is 0.534. The Bertz CT molecular complexity index is 935. The van der Waals surface area contributed by atoms with E-state index in [9.17, 15) is 0 Å². The average Bonchev–Trinajstić information content (AvgIpc) is 2.79. The van der Waals surface area contributed by atoms with Gasteiger partial charge >= 0.3 is 0 Å². The molecule has 0 saturated carbocycles. The summed E-state index contributed by atoms with van der Waals surface area (Å²) in [5.41, 5.74) is 3.50. The zero-order chi connectivity index (χ0) is 19.1. The van der Waals surface area contributed by atoms with Gasteiger partial charge in [-0.05, 0) is 42.0 Å². The van der Waals surface area contributed by atoms with Crippen LogP contribution in [0, 0.1) is 0 Å². The van der Waals surface area contributed by atoms with E-state index in [0.717, 1.165) is 23.5 Å². The summed E-state index contributed by atoms with van der Waals surface area (Å²) in [5, 5.41) is 3.74. The van der Waals surface area contributed by atoms with E-state index >= 15 is 0 Å². The first-order chi connectivity index (χ1) is 13.9. The smallest absolute Gasteiger partial charge is 0.108 e. The predicted molar refractivity (Wildman–Crippen MR) is 110 cm³/mol. The first-order valence-corrected chi connectivity index (χ1v) is 9.39. The Morgan fingerprint density at radius 2 is 1.18 bits per heavy atom. The first-order valence-electron chi connectivity index (χ1n) is 9.39. The van der Waals surface area contributed by atoms with Crippen molar-refractivity contribution >= 4 is 0 Å². The van der Waals surface area contributed by atoms with Gasteiger partial charge in [-0.2, -0.15) is 0 Å². The van der Waals surface area contributed by atoms with Gasteiger partial charge in [0.25, 0.3) is 0 Å². The van der Waals surface area contributed by atoms with E-state index in [4.69, 9.17) is 9.97 Å². The fraction of sp³-hybridized carbons (Fsp3) is 0.125. The summed E-state index contributed by atoms with van der Waals surface area (Å²) in [6.45, 7) is 0.612. The standard InChI is InChI=1S/C24H22N4/c1-2-10-20(11-3-1)18-24(22-13-5-8-16-26-22,23-14-6-9-17-27-23)28-19-21-12-4-7-15-25-21/h1-17,28H,18-19H2. The summed E-state index contributed by atoms with van der Waals surface area (Å²) in [7, 11) is 0. The molecule has 0 aliphatic heterocycles. The molecule has 0 aliphatic rings. The Balaban J connectivity index is 1.81. The second-order valence-electron chi connectivity index (χ2n) is 6.67. The molecule has 0 saturated heterocycles. The van der Waals surface area contributed by atoms with Crippen molar-refractivity contribution in [3.05, 3.63) is 126 Å². The topological polar surface area (TPSA) is 50.7 Å². The monoisotopic (exact) mass is 366 g/mol. The number of hydrogen-bond acceptors (Lipinski definition) is 4. The van der Waals surface area contributed by atoms with Crippen LogP contribution in [0.5, 0.6) is 0 Å². The molecule has 4 nitrogen and oxygen atoms in total. The van der Waals surface area contributed by atoms with Crippen LogP contribution in [-0.4, -0.2) is 15.0 Å². The molecule has 4 heteroatoms. The number of hydrogen-bond donors (Lipinski definition) is 1. The largest absolute Gasteiger partial charge is 0.295 e. The maximum atomic E-state index is 4.71. The lowest BCUT2D eigenvalue weighted by Gasteiger charge is -2.34. The maximum absolute atomic E-state index is 4.71. The summed E-state index contributed by atoms with van der Waals surface area (Å²) in [5.74, 6) is 0. The van der Waals surface area contributed by atoms with Crippen molar-refractivity contribution in [1.29, 1.82) is 0 Å². The van der Waals surface area contributed by atoms with Crippen LogP contribution in [0.3, 0.4) is 0 Å². The fourth-order valence-corrected chi connectivity index (χ4v) is 3.43. The Kier molecular flexibility index (Phi) is 5.50. The zero-order valence-corrected chi connectivity index (χ0v) is 15.6. The molecule has 3 heterocycles. The highest BCUT2D eigenvalue weighted by molar-refractivity contribution is 5.34. The van der Waals surface area contributed by atoms with E-state index < -0.39 is 5.54 Å². The zero-order valence-electron chi connectivity index (χ0n) is 15.6. The second kappa shape index (κ2) is 8.55. The highest BCUT2D eigenvalue weighted by Crippen LogP contribution is 2.31. The molecule has 0 radical (unpaired) electrons. The van der Waals surface area contributed by atoms with Gasteiger partial charge in [-0.3, -0.25) is 20.3 Å². The van der Waals surface area contributed by atoms with E-state index in [1.165, 1.54) is 5.56 Å². The van der Waals surface area contributed by atoms with Crippen molar-refractivity contribution in [2.75, 3.05) is 0 Å². The number of rotatable bonds is 7. The molecule has 0 bridgehead atoms. The molecule has 28 heavy (non-hydrogen) atoms. The molecule has 4 aromatic rings. The number of nitrogens with one attached hydrogen (secondary N) is 1. The first kappa shape index (κ1) is 18.0. The Labute approximate surface area is 165 Å². The molecule has 138 valence electrons. The number of pyridine rings is 3. The number of aromatic nitrogens is 3. The van der Waals surface area contributed by atoms with Crippen molar-refractivity contribution in [2.24, 2.45) is 0 Å². The highest BCUT2D eigenvalue weighted by atomic mass is 15.0. The molecule has 0 unspecified atom stereocenters. The Hall–Kier alpha value is -3.37. The Morgan fingerprint density at radius 1 is 0.607 bits per heavy atom. The molecule has 0 atom stereocenters. The third-order valence-corrected chi connectivity index (χ3v) is 4.81. The van der Waals surface area contributed by atoms with Crippen LogP contribution in [-0.2, 0) is 18.5 Å². The molecule has 0 amide bonds. The van der Waals surface area contributed by atoms with Gasteiger partial charge in [-0.1, -0.05) is 48.5 Å². The molecule has 1 N–H and O–H groups in total. The van der Waals surface area contributed by atoms with Gasteiger partial charge in [0.05, 0.1) is 17.1 Å². The van der Waals surface area contributed by atoms with E-state index in [2.05, 4.69) is 46.7 Å². The number of nitrogens with zero attached hydrogens (tertiary/aromatic N) is 3. The fourth-order valence-electron chi connectivity index (χ4n) is 3.43. The van der Waals surface area contributed by atoms with Gasteiger partial charge in [-0.25, -0.2) is 0 Å². The molecule has 4 rings (SSSR count). The lowest BCUT2D eigenvalue weighted by atomic mass is 9.83. The van der Waals surface area contributed by atoms with Gasteiger partial charge in [0.1, 0.15) is 5.54 Å². The van der Waals surface area contributed by atoms with Crippen LogP contribution in [0.2, 0.25) is 0 Å². The van der Waals surface area contributed by atoms with Crippen LogP contribution >= 0.6 is 0 Å². The summed E-state index contributed by atoms with van der Waals surface area (Å²) in [6, 6.07) is 28.4. The van der Waals surface area contributed by atoms with Crippen molar-refractivity contribution in [1.82, 2.24) is 20.3 Å². The van der Waals surface area contributed by atoms with E-state index in [-0.39, 0.29) is 0 Å². The molecule has 0 aliphatic carbocycles.